The van der Waals surface area contributed by atoms with Crippen molar-refractivity contribution in [3.8, 4) is 6.07 Å². The number of carbonyl (C=O) groups is 2. The summed E-state index contributed by atoms with van der Waals surface area (Å²) in [5.41, 5.74) is 1.86. The lowest BCUT2D eigenvalue weighted by molar-refractivity contribution is -0.122. The maximum Gasteiger partial charge on any atom is 0.270 e. The lowest BCUT2D eigenvalue weighted by Crippen LogP contribution is -2.54. The van der Waals surface area contributed by atoms with E-state index in [0.29, 0.717) is 32.4 Å². The van der Waals surface area contributed by atoms with Crippen LogP contribution in [0.2, 0.25) is 5.02 Å². The van der Waals surface area contributed by atoms with Crippen molar-refractivity contribution in [2.75, 3.05) is 23.9 Å². The zero-order valence-electron chi connectivity index (χ0n) is 15.4. The quantitative estimate of drug-likeness (QED) is 0.330. The summed E-state index contributed by atoms with van der Waals surface area (Å²) in [4.78, 5) is 28.9. The Morgan fingerprint density at radius 1 is 1.21 bits per heavy atom. The zero-order chi connectivity index (χ0) is 21.3. The van der Waals surface area contributed by atoms with E-state index in [2.05, 4.69) is 24.0 Å². The molecule has 6 nitrogen and oxygen atoms in total. The molecule has 2 amide bonds. The Morgan fingerprint density at radius 2 is 1.86 bits per heavy atom. The Bertz CT molecular complexity index is 1100. The molecule has 0 aliphatic carbocycles. The van der Waals surface area contributed by atoms with Gasteiger partial charge in [0.05, 0.1) is 16.9 Å². The molecule has 1 saturated heterocycles. The maximum absolute atomic E-state index is 13.1. The first kappa shape index (κ1) is 20.9. The molecule has 9 heteroatoms. The lowest BCUT2D eigenvalue weighted by atomic mass is 10.0. The summed E-state index contributed by atoms with van der Waals surface area (Å²) in [6, 6.07) is 12.1. The number of carbonyl (C=O) groups excluding carboxylic acids is 2. The van der Waals surface area contributed by atoms with Crippen molar-refractivity contribution in [3.63, 3.8) is 0 Å². The fourth-order valence-corrected chi connectivity index (χ4v) is 3.54. The number of hydrogen-bond acceptors (Lipinski definition) is 6. The molecule has 1 aliphatic heterocycles. The van der Waals surface area contributed by atoms with Gasteiger partial charge in [-0.2, -0.15) is 5.26 Å². The smallest absolute Gasteiger partial charge is 0.270 e. The number of rotatable bonds is 3. The highest BCUT2D eigenvalue weighted by Crippen LogP contribution is 2.30. The molecule has 2 aromatic carbocycles. The molecule has 0 radical (unpaired) electrons. The van der Waals surface area contributed by atoms with Gasteiger partial charge in [0.1, 0.15) is 11.6 Å². The van der Waals surface area contributed by atoms with Crippen molar-refractivity contribution in [1.29, 1.82) is 5.26 Å². The standard InChI is InChI=1S/C20H15ClN4O2S2/c1-24(2)16-8-3-11(17(28)15(16)10-22)9-14-18(26)23-20(29)25(19(14)27)13-6-4-12(21)5-7-13/h3-9,28H,1-2H3,(H,23,26,29)/b14-9+. The molecule has 1 heterocycles. The number of nitriles is 1. The molecule has 1 aliphatic rings. The Balaban J connectivity index is 2.08. The van der Waals surface area contributed by atoms with E-state index < -0.39 is 11.8 Å². The fourth-order valence-electron chi connectivity index (χ4n) is 2.83. The second-order valence-electron chi connectivity index (χ2n) is 6.34. The van der Waals surface area contributed by atoms with Crippen LogP contribution in [0.15, 0.2) is 46.9 Å². The first-order valence-electron chi connectivity index (χ1n) is 8.35. The fraction of sp³-hybridized carbons (Fsp3) is 0.100. The highest BCUT2D eigenvalue weighted by Gasteiger charge is 2.34. The van der Waals surface area contributed by atoms with E-state index in [1.807, 2.05) is 14.1 Å². The molecule has 1 N–H and O–H groups in total. The summed E-state index contributed by atoms with van der Waals surface area (Å²) in [7, 11) is 3.62. The first-order chi connectivity index (χ1) is 13.7. The number of nitrogens with zero attached hydrogens (tertiary/aromatic N) is 3. The molecule has 146 valence electrons. The van der Waals surface area contributed by atoms with Gasteiger partial charge in [-0.25, -0.2) is 0 Å². The maximum atomic E-state index is 13.1. The largest absolute Gasteiger partial charge is 0.377 e. The summed E-state index contributed by atoms with van der Waals surface area (Å²) in [5.74, 6) is -1.20. The lowest BCUT2D eigenvalue weighted by Gasteiger charge is -2.29. The monoisotopic (exact) mass is 442 g/mol. The Hall–Kier alpha value is -2.86. The van der Waals surface area contributed by atoms with E-state index >= 15 is 0 Å². The molecule has 0 saturated carbocycles. The van der Waals surface area contributed by atoms with Crippen LogP contribution in [0.25, 0.3) is 6.08 Å². The Kier molecular flexibility index (Phi) is 5.94. The molecule has 29 heavy (non-hydrogen) atoms. The second kappa shape index (κ2) is 8.25. The molecule has 0 aromatic heterocycles. The molecule has 0 spiro atoms. The Labute approximate surface area is 183 Å². The number of nitrogens with one attached hydrogen (secondary N) is 1. The van der Waals surface area contributed by atoms with Crippen LogP contribution in [0, 0.1) is 11.3 Å². The van der Waals surface area contributed by atoms with Crippen molar-refractivity contribution in [2.45, 2.75) is 4.90 Å². The van der Waals surface area contributed by atoms with Gasteiger partial charge in [-0.05, 0) is 54.2 Å². The van der Waals surface area contributed by atoms with Crippen molar-refractivity contribution >= 4 is 70.8 Å². The van der Waals surface area contributed by atoms with Crippen molar-refractivity contribution < 1.29 is 9.59 Å². The minimum atomic E-state index is -0.617. The van der Waals surface area contributed by atoms with Gasteiger partial charge in [0.2, 0.25) is 0 Å². The molecule has 2 aromatic rings. The zero-order valence-corrected chi connectivity index (χ0v) is 17.9. The van der Waals surface area contributed by atoms with Crippen molar-refractivity contribution in [2.24, 2.45) is 0 Å². The van der Waals surface area contributed by atoms with E-state index in [4.69, 9.17) is 23.8 Å². The summed E-state index contributed by atoms with van der Waals surface area (Å²) < 4.78 is 0. The third-order valence-electron chi connectivity index (χ3n) is 4.27. The van der Waals surface area contributed by atoms with Gasteiger partial charge in [-0.1, -0.05) is 17.7 Å². The van der Waals surface area contributed by atoms with Gasteiger partial charge in [0.15, 0.2) is 5.11 Å². The van der Waals surface area contributed by atoms with Gasteiger partial charge >= 0.3 is 0 Å². The average Bonchev–Trinajstić information content (AvgIpc) is 2.67. The van der Waals surface area contributed by atoms with Crippen LogP contribution < -0.4 is 15.1 Å². The van der Waals surface area contributed by atoms with Crippen LogP contribution >= 0.6 is 36.4 Å². The topological polar surface area (TPSA) is 76.4 Å². The van der Waals surface area contributed by atoms with Crippen LogP contribution in [0.5, 0.6) is 0 Å². The van der Waals surface area contributed by atoms with Crippen LogP contribution in [0.3, 0.4) is 0 Å². The number of thiocarbonyl (C=S) groups is 1. The predicted octanol–water partition coefficient (Wildman–Crippen LogP) is 3.40. The summed E-state index contributed by atoms with van der Waals surface area (Å²) >= 11 is 15.5. The van der Waals surface area contributed by atoms with Gasteiger partial charge in [-0.15, -0.1) is 12.6 Å². The number of hydrogen-bond donors (Lipinski definition) is 2. The summed E-state index contributed by atoms with van der Waals surface area (Å²) in [5, 5.41) is 12.5. The molecular formula is C20H15ClN4O2S2. The van der Waals surface area contributed by atoms with Gasteiger partial charge in [0.25, 0.3) is 11.8 Å². The highest BCUT2D eigenvalue weighted by atomic mass is 35.5. The molecule has 1 fully saturated rings. The van der Waals surface area contributed by atoms with E-state index in [1.165, 1.54) is 11.0 Å². The molecule has 0 unspecified atom stereocenters. The number of amides is 2. The predicted molar refractivity (Wildman–Crippen MR) is 120 cm³/mol. The Morgan fingerprint density at radius 3 is 2.45 bits per heavy atom. The number of thiol groups is 1. The average molecular weight is 443 g/mol. The number of halogens is 1. The van der Waals surface area contributed by atoms with Crippen LogP contribution in [0.1, 0.15) is 11.1 Å². The second-order valence-corrected chi connectivity index (χ2v) is 7.61. The van der Waals surface area contributed by atoms with Crippen LogP contribution in [0.4, 0.5) is 11.4 Å². The molecule has 0 atom stereocenters. The summed E-state index contributed by atoms with van der Waals surface area (Å²) in [6.07, 6.45) is 1.41. The van der Waals surface area contributed by atoms with Crippen molar-refractivity contribution in [3.05, 3.63) is 58.1 Å². The molecular weight excluding hydrogens is 428 g/mol. The molecule has 3 rings (SSSR count). The van der Waals surface area contributed by atoms with E-state index in [0.717, 1.165) is 0 Å². The van der Waals surface area contributed by atoms with Gasteiger partial charge < -0.3 is 4.90 Å². The summed E-state index contributed by atoms with van der Waals surface area (Å²) in [6.45, 7) is 0. The number of anilines is 2. The number of benzene rings is 2. The minimum absolute atomic E-state index is 0.0220. The third kappa shape index (κ3) is 3.98. The SMILES string of the molecule is CN(C)c1ccc(/C=C2\C(=O)NC(=S)N(c3ccc(Cl)cc3)C2=O)c(S)c1C#N. The van der Waals surface area contributed by atoms with Gasteiger partial charge in [-0.3, -0.25) is 19.8 Å². The minimum Gasteiger partial charge on any atom is -0.377 e. The molecule has 0 bridgehead atoms. The van der Waals surface area contributed by atoms with E-state index in [9.17, 15) is 14.9 Å². The van der Waals surface area contributed by atoms with Crippen LogP contribution in [-0.2, 0) is 9.59 Å². The van der Waals surface area contributed by atoms with Crippen molar-refractivity contribution in [1.82, 2.24) is 5.32 Å². The normalized spacial score (nSPS) is 15.3. The van der Waals surface area contributed by atoms with E-state index in [-0.39, 0.29) is 10.7 Å². The van der Waals surface area contributed by atoms with E-state index in [1.54, 1.807) is 41.3 Å². The third-order valence-corrected chi connectivity index (χ3v) is 5.29. The van der Waals surface area contributed by atoms with Gasteiger partial charge in [0, 0.05) is 24.0 Å². The van der Waals surface area contributed by atoms with Crippen LogP contribution in [-0.4, -0.2) is 31.0 Å². The highest BCUT2D eigenvalue weighted by molar-refractivity contribution is 7.80. The first-order valence-corrected chi connectivity index (χ1v) is 9.58.